The van der Waals surface area contributed by atoms with Crippen molar-refractivity contribution in [1.82, 2.24) is 19.8 Å². The standard InChI is InChI=1S/C11H17N5/c1-9-7-13-11(14-8-9)10(12)16-5-3-15(2)4-6-16/h7-8,12H,3-6H2,1-2H3. The van der Waals surface area contributed by atoms with E-state index in [2.05, 4.69) is 21.9 Å². The summed E-state index contributed by atoms with van der Waals surface area (Å²) in [6.07, 6.45) is 3.51. The van der Waals surface area contributed by atoms with Crippen molar-refractivity contribution in [3.05, 3.63) is 23.8 Å². The number of hydrogen-bond donors (Lipinski definition) is 1. The van der Waals surface area contributed by atoms with Crippen molar-refractivity contribution in [2.24, 2.45) is 0 Å². The first-order valence-electron chi connectivity index (χ1n) is 5.48. The van der Waals surface area contributed by atoms with Gasteiger partial charge >= 0.3 is 0 Å². The molecule has 1 aromatic heterocycles. The summed E-state index contributed by atoms with van der Waals surface area (Å²) in [5.41, 5.74) is 1.02. The number of hydrogen-bond acceptors (Lipinski definition) is 4. The lowest BCUT2D eigenvalue weighted by Gasteiger charge is -2.33. The Morgan fingerprint density at radius 2 is 1.75 bits per heavy atom. The first kappa shape index (κ1) is 11.0. The number of nitrogens with one attached hydrogen (secondary N) is 1. The van der Waals surface area contributed by atoms with E-state index in [-0.39, 0.29) is 0 Å². The molecule has 0 atom stereocenters. The molecule has 86 valence electrons. The Hall–Kier alpha value is -1.49. The maximum atomic E-state index is 8.04. The van der Waals surface area contributed by atoms with E-state index in [1.165, 1.54) is 0 Å². The smallest absolute Gasteiger partial charge is 0.194 e. The van der Waals surface area contributed by atoms with E-state index in [9.17, 15) is 0 Å². The van der Waals surface area contributed by atoms with Crippen molar-refractivity contribution in [3.8, 4) is 0 Å². The minimum Gasteiger partial charge on any atom is -0.351 e. The zero-order chi connectivity index (χ0) is 11.5. The average molecular weight is 219 g/mol. The van der Waals surface area contributed by atoms with Crippen LogP contribution >= 0.6 is 0 Å². The lowest BCUT2D eigenvalue weighted by atomic mass is 10.3. The first-order chi connectivity index (χ1) is 7.66. The number of piperazine rings is 1. The molecule has 0 amide bonds. The molecule has 1 aliphatic heterocycles. The quantitative estimate of drug-likeness (QED) is 0.547. The van der Waals surface area contributed by atoms with Crippen LogP contribution in [0.2, 0.25) is 0 Å². The highest BCUT2D eigenvalue weighted by molar-refractivity contribution is 5.92. The lowest BCUT2D eigenvalue weighted by Crippen LogP contribution is -2.47. The predicted octanol–water partition coefficient (Wildman–Crippen LogP) is 0.358. The summed E-state index contributed by atoms with van der Waals surface area (Å²) >= 11 is 0. The molecule has 1 aliphatic rings. The van der Waals surface area contributed by atoms with E-state index in [1.54, 1.807) is 12.4 Å². The van der Waals surface area contributed by atoms with Crippen LogP contribution in [0.25, 0.3) is 0 Å². The van der Waals surface area contributed by atoms with Crippen LogP contribution in [0, 0.1) is 12.3 Å². The molecule has 0 aliphatic carbocycles. The van der Waals surface area contributed by atoms with Crippen molar-refractivity contribution in [1.29, 1.82) is 5.41 Å². The average Bonchev–Trinajstić information content (AvgIpc) is 2.30. The summed E-state index contributed by atoms with van der Waals surface area (Å²) in [4.78, 5) is 12.7. The largest absolute Gasteiger partial charge is 0.351 e. The van der Waals surface area contributed by atoms with Crippen molar-refractivity contribution in [2.45, 2.75) is 6.92 Å². The van der Waals surface area contributed by atoms with Crippen molar-refractivity contribution in [2.75, 3.05) is 33.2 Å². The Morgan fingerprint density at radius 1 is 1.19 bits per heavy atom. The van der Waals surface area contributed by atoms with Crippen LogP contribution in [0.1, 0.15) is 11.4 Å². The summed E-state index contributed by atoms with van der Waals surface area (Å²) in [5, 5.41) is 8.04. The zero-order valence-electron chi connectivity index (χ0n) is 9.77. The summed E-state index contributed by atoms with van der Waals surface area (Å²) in [6.45, 7) is 5.70. The molecule has 1 aromatic rings. The van der Waals surface area contributed by atoms with Gasteiger partial charge < -0.3 is 9.80 Å². The highest BCUT2D eigenvalue weighted by Crippen LogP contribution is 2.04. The fourth-order valence-electron chi connectivity index (χ4n) is 1.69. The Bertz CT molecular complexity index is 364. The molecule has 0 spiro atoms. The fraction of sp³-hybridized carbons (Fsp3) is 0.545. The highest BCUT2D eigenvalue weighted by atomic mass is 15.3. The number of rotatable bonds is 1. The normalized spacial score (nSPS) is 17.5. The Balaban J connectivity index is 2.05. The van der Waals surface area contributed by atoms with E-state index < -0.39 is 0 Å². The van der Waals surface area contributed by atoms with Crippen LogP contribution in [0.3, 0.4) is 0 Å². The van der Waals surface area contributed by atoms with Gasteiger partial charge in [0.05, 0.1) is 0 Å². The number of aromatic nitrogens is 2. The molecule has 2 rings (SSSR count). The van der Waals surface area contributed by atoms with E-state index in [0.29, 0.717) is 11.7 Å². The highest BCUT2D eigenvalue weighted by Gasteiger charge is 2.18. The third kappa shape index (κ3) is 2.36. The Kier molecular flexibility index (Phi) is 3.14. The molecule has 0 saturated carbocycles. The van der Waals surface area contributed by atoms with Crippen molar-refractivity contribution < 1.29 is 0 Å². The zero-order valence-corrected chi connectivity index (χ0v) is 9.77. The molecular weight excluding hydrogens is 202 g/mol. The topological polar surface area (TPSA) is 56.1 Å². The molecular formula is C11H17N5. The number of aryl methyl sites for hydroxylation is 1. The fourth-order valence-corrected chi connectivity index (χ4v) is 1.69. The van der Waals surface area contributed by atoms with Crippen LogP contribution in [0.4, 0.5) is 0 Å². The van der Waals surface area contributed by atoms with Gasteiger partial charge in [-0.05, 0) is 19.5 Å². The van der Waals surface area contributed by atoms with Gasteiger partial charge in [0.2, 0.25) is 0 Å². The summed E-state index contributed by atoms with van der Waals surface area (Å²) in [6, 6.07) is 0. The summed E-state index contributed by atoms with van der Waals surface area (Å²) in [7, 11) is 2.10. The molecule has 5 nitrogen and oxygen atoms in total. The van der Waals surface area contributed by atoms with E-state index in [0.717, 1.165) is 31.7 Å². The van der Waals surface area contributed by atoms with E-state index in [1.807, 2.05) is 11.8 Å². The van der Waals surface area contributed by atoms with Gasteiger partial charge in [-0.2, -0.15) is 0 Å². The third-order valence-electron chi connectivity index (χ3n) is 2.81. The van der Waals surface area contributed by atoms with Crippen molar-refractivity contribution >= 4 is 5.84 Å². The lowest BCUT2D eigenvalue weighted by molar-refractivity contribution is 0.214. The van der Waals surface area contributed by atoms with Gasteiger partial charge in [-0.15, -0.1) is 0 Å². The maximum Gasteiger partial charge on any atom is 0.194 e. The van der Waals surface area contributed by atoms with E-state index in [4.69, 9.17) is 5.41 Å². The van der Waals surface area contributed by atoms with Crippen LogP contribution in [0.15, 0.2) is 12.4 Å². The minimum atomic E-state index is 0.438. The molecule has 1 N–H and O–H groups in total. The second-order valence-electron chi connectivity index (χ2n) is 4.22. The molecule has 0 unspecified atom stereocenters. The summed E-state index contributed by atoms with van der Waals surface area (Å²) in [5.74, 6) is 0.961. The molecule has 1 fully saturated rings. The van der Waals surface area contributed by atoms with Crippen LogP contribution < -0.4 is 0 Å². The Labute approximate surface area is 95.6 Å². The molecule has 0 aromatic carbocycles. The predicted molar refractivity (Wildman–Crippen MR) is 62.7 cm³/mol. The van der Waals surface area contributed by atoms with Crippen LogP contribution in [0.5, 0.6) is 0 Å². The minimum absolute atomic E-state index is 0.438. The van der Waals surface area contributed by atoms with E-state index >= 15 is 0 Å². The molecule has 16 heavy (non-hydrogen) atoms. The van der Waals surface area contributed by atoms with Gasteiger partial charge in [0, 0.05) is 38.6 Å². The number of nitrogens with zero attached hydrogens (tertiary/aromatic N) is 4. The molecule has 0 radical (unpaired) electrons. The number of likely N-dealkylation sites (N-methyl/N-ethyl adjacent to an activating group) is 1. The SMILES string of the molecule is Cc1cnc(C(=N)N2CCN(C)CC2)nc1. The van der Waals surface area contributed by atoms with Crippen LogP contribution in [-0.2, 0) is 0 Å². The Morgan fingerprint density at radius 3 is 2.31 bits per heavy atom. The number of amidine groups is 1. The van der Waals surface area contributed by atoms with Gasteiger partial charge in [-0.1, -0.05) is 0 Å². The summed E-state index contributed by atoms with van der Waals surface area (Å²) < 4.78 is 0. The molecule has 5 heteroatoms. The first-order valence-corrected chi connectivity index (χ1v) is 5.48. The molecule has 2 heterocycles. The maximum absolute atomic E-state index is 8.04. The third-order valence-corrected chi connectivity index (χ3v) is 2.81. The van der Waals surface area contributed by atoms with Gasteiger partial charge in [-0.3, -0.25) is 5.41 Å². The van der Waals surface area contributed by atoms with Gasteiger partial charge in [0.15, 0.2) is 11.7 Å². The van der Waals surface area contributed by atoms with Gasteiger partial charge in [0.25, 0.3) is 0 Å². The van der Waals surface area contributed by atoms with Crippen LogP contribution in [-0.4, -0.2) is 58.8 Å². The van der Waals surface area contributed by atoms with Gasteiger partial charge in [-0.25, -0.2) is 9.97 Å². The molecule has 0 bridgehead atoms. The van der Waals surface area contributed by atoms with Gasteiger partial charge in [0.1, 0.15) is 0 Å². The second kappa shape index (κ2) is 4.57. The van der Waals surface area contributed by atoms with Crippen molar-refractivity contribution in [3.63, 3.8) is 0 Å². The second-order valence-corrected chi connectivity index (χ2v) is 4.22. The monoisotopic (exact) mass is 219 g/mol. The molecule has 1 saturated heterocycles.